The molecule has 33 heavy (non-hydrogen) atoms. The number of nitrogens with zero attached hydrogens (tertiary/aromatic N) is 4. The number of hydrogen-bond donors (Lipinski definition) is 2. The van der Waals surface area contributed by atoms with Gasteiger partial charge in [0.2, 0.25) is 5.88 Å². The highest BCUT2D eigenvalue weighted by Crippen LogP contribution is 2.30. The van der Waals surface area contributed by atoms with Crippen LogP contribution in [0.1, 0.15) is 32.1 Å². The molecule has 5 rings (SSSR count). The van der Waals surface area contributed by atoms with Gasteiger partial charge in [-0.3, -0.25) is 9.78 Å². The van der Waals surface area contributed by atoms with Crippen LogP contribution in [0.5, 0.6) is 5.88 Å². The molecule has 0 spiro atoms. The Balaban J connectivity index is 1.22. The van der Waals surface area contributed by atoms with Crippen molar-refractivity contribution in [3.8, 4) is 28.7 Å². The van der Waals surface area contributed by atoms with E-state index in [2.05, 4.69) is 24.9 Å². The van der Waals surface area contributed by atoms with Crippen molar-refractivity contribution >= 4 is 28.6 Å². The number of rotatable bonds is 6. The second-order valence-corrected chi connectivity index (χ2v) is 8.71. The summed E-state index contributed by atoms with van der Waals surface area (Å²) in [6, 6.07) is 9.23. The molecule has 3 heterocycles. The van der Waals surface area contributed by atoms with E-state index in [1.165, 1.54) is 0 Å². The lowest BCUT2D eigenvalue weighted by Gasteiger charge is -2.27. The predicted octanol–water partition coefficient (Wildman–Crippen LogP) is 5.15. The van der Waals surface area contributed by atoms with Crippen LogP contribution in [-0.2, 0) is 4.79 Å². The molecule has 168 valence electrons. The zero-order chi connectivity index (χ0) is 22.8. The number of aromatic amines is 1. The molecule has 0 unspecified atom stereocenters. The third-order valence-corrected chi connectivity index (χ3v) is 6.15. The molecule has 0 bridgehead atoms. The van der Waals surface area contributed by atoms with Gasteiger partial charge in [0.25, 0.3) is 0 Å². The Kier molecular flexibility index (Phi) is 5.92. The third-order valence-electron chi connectivity index (χ3n) is 5.92. The summed E-state index contributed by atoms with van der Waals surface area (Å²) in [7, 11) is 0. The van der Waals surface area contributed by atoms with Gasteiger partial charge in [0.15, 0.2) is 5.82 Å². The second kappa shape index (κ2) is 9.15. The Hall–Kier alpha value is -3.52. The molecule has 8 nitrogen and oxygen atoms in total. The molecule has 0 amide bonds. The molecule has 0 radical (unpaired) electrons. The molecule has 0 atom stereocenters. The largest absolute Gasteiger partial charge is 0.481 e. The fourth-order valence-electron chi connectivity index (χ4n) is 4.17. The fraction of sp³-hybridized carbons (Fsp3) is 0.292. The maximum absolute atomic E-state index is 10.9. The summed E-state index contributed by atoms with van der Waals surface area (Å²) in [6.07, 6.45) is 8.84. The Bertz CT molecular complexity index is 1270. The van der Waals surface area contributed by atoms with E-state index < -0.39 is 5.97 Å². The Labute approximate surface area is 195 Å². The summed E-state index contributed by atoms with van der Waals surface area (Å²) in [4.78, 5) is 32.1. The van der Waals surface area contributed by atoms with E-state index in [1.807, 2.05) is 24.3 Å². The van der Waals surface area contributed by atoms with Crippen molar-refractivity contribution in [3.05, 3.63) is 53.9 Å². The summed E-state index contributed by atoms with van der Waals surface area (Å²) < 4.78 is 6.00. The van der Waals surface area contributed by atoms with E-state index in [9.17, 15) is 4.79 Å². The van der Waals surface area contributed by atoms with Gasteiger partial charge in [-0.25, -0.2) is 15.0 Å². The van der Waals surface area contributed by atoms with E-state index in [0.29, 0.717) is 28.1 Å². The first-order valence-corrected chi connectivity index (χ1v) is 11.2. The van der Waals surface area contributed by atoms with Crippen LogP contribution in [0.2, 0.25) is 5.02 Å². The van der Waals surface area contributed by atoms with Crippen molar-refractivity contribution in [2.24, 2.45) is 5.92 Å². The molecule has 4 aromatic rings. The lowest BCUT2D eigenvalue weighted by molar-refractivity contribution is -0.138. The average Bonchev–Trinajstić information content (AvgIpc) is 3.24. The molecule has 1 aliphatic carbocycles. The molecule has 2 N–H and O–H groups in total. The number of hydrogen-bond acceptors (Lipinski definition) is 6. The number of imidazole rings is 1. The number of nitrogens with one attached hydrogen (secondary N) is 1. The summed E-state index contributed by atoms with van der Waals surface area (Å²) in [5.74, 6) is 0.712. The van der Waals surface area contributed by atoms with Gasteiger partial charge in [-0.15, -0.1) is 0 Å². The minimum atomic E-state index is -0.727. The number of benzene rings is 1. The Morgan fingerprint density at radius 1 is 1.03 bits per heavy atom. The molecule has 1 saturated carbocycles. The van der Waals surface area contributed by atoms with Crippen molar-refractivity contribution in [2.75, 3.05) is 0 Å². The number of aromatic nitrogens is 5. The molecule has 1 fully saturated rings. The second-order valence-electron chi connectivity index (χ2n) is 8.28. The van der Waals surface area contributed by atoms with Gasteiger partial charge in [-0.1, -0.05) is 11.6 Å². The van der Waals surface area contributed by atoms with E-state index in [0.717, 1.165) is 42.3 Å². The summed E-state index contributed by atoms with van der Waals surface area (Å²) in [6.45, 7) is 0. The zero-order valence-corrected chi connectivity index (χ0v) is 18.5. The molecule has 3 aromatic heterocycles. The Morgan fingerprint density at radius 3 is 2.52 bits per heavy atom. The monoisotopic (exact) mass is 463 g/mol. The maximum atomic E-state index is 10.9. The topological polar surface area (TPSA) is 114 Å². The number of fused-ring (bicyclic) bond motifs is 1. The highest BCUT2D eigenvalue weighted by molar-refractivity contribution is 6.31. The number of pyridine rings is 1. The summed E-state index contributed by atoms with van der Waals surface area (Å²) >= 11 is 6.03. The fourth-order valence-corrected chi connectivity index (χ4v) is 4.34. The van der Waals surface area contributed by atoms with Crippen LogP contribution in [0, 0.1) is 5.92 Å². The minimum absolute atomic E-state index is 0.0751. The average molecular weight is 464 g/mol. The van der Waals surface area contributed by atoms with Crippen molar-refractivity contribution in [2.45, 2.75) is 38.2 Å². The van der Waals surface area contributed by atoms with E-state index in [1.54, 1.807) is 24.7 Å². The van der Waals surface area contributed by atoms with Crippen molar-refractivity contribution in [1.29, 1.82) is 0 Å². The quantitative estimate of drug-likeness (QED) is 0.406. The van der Waals surface area contributed by atoms with Crippen LogP contribution in [0.15, 0.2) is 48.9 Å². The van der Waals surface area contributed by atoms with Gasteiger partial charge in [0.05, 0.1) is 29.1 Å². The first-order valence-electron chi connectivity index (χ1n) is 10.9. The van der Waals surface area contributed by atoms with Crippen molar-refractivity contribution < 1.29 is 14.6 Å². The normalized spacial score (nSPS) is 18.3. The number of carboxylic acids is 1. The first kappa shape index (κ1) is 21.3. The number of H-pyrrole nitrogens is 1. The highest BCUT2D eigenvalue weighted by atomic mass is 35.5. The lowest BCUT2D eigenvalue weighted by atomic mass is 9.85. The van der Waals surface area contributed by atoms with Gasteiger partial charge < -0.3 is 14.8 Å². The summed E-state index contributed by atoms with van der Waals surface area (Å²) in [5, 5.41) is 9.57. The predicted molar refractivity (Wildman–Crippen MR) is 124 cm³/mol. The molecule has 1 aliphatic rings. The summed E-state index contributed by atoms with van der Waals surface area (Å²) in [5.41, 5.74) is 3.83. The van der Waals surface area contributed by atoms with E-state index >= 15 is 0 Å². The van der Waals surface area contributed by atoms with Crippen LogP contribution < -0.4 is 4.74 Å². The van der Waals surface area contributed by atoms with Crippen LogP contribution in [-0.4, -0.2) is 42.1 Å². The van der Waals surface area contributed by atoms with Crippen molar-refractivity contribution in [1.82, 2.24) is 24.9 Å². The van der Waals surface area contributed by atoms with E-state index in [-0.39, 0.29) is 18.4 Å². The van der Waals surface area contributed by atoms with E-state index in [4.69, 9.17) is 21.4 Å². The Morgan fingerprint density at radius 2 is 1.82 bits per heavy atom. The SMILES string of the molecule is O=C(O)C[C@H]1CC[C@H](Oc2ccc(-c3cnc(-c4nc5cc(Cl)ccc5[nH]4)cn3)cn2)CC1. The molecular formula is C24H22ClN5O3. The lowest BCUT2D eigenvalue weighted by Crippen LogP contribution is -2.25. The standard InChI is InChI=1S/C24H22ClN5O3/c25-16-4-7-18-19(10-16)30-24(29-18)21-13-26-20(12-27-21)15-3-8-22(28-11-15)33-17-5-1-14(2-6-17)9-23(31)32/h3-4,7-8,10-14,17H,1-2,5-6,9H2,(H,29,30)(H,31,32)/t14-,17-. The zero-order valence-electron chi connectivity index (χ0n) is 17.7. The van der Waals surface area contributed by atoms with Gasteiger partial charge >= 0.3 is 5.97 Å². The van der Waals surface area contributed by atoms with Crippen LogP contribution in [0.25, 0.3) is 33.8 Å². The van der Waals surface area contributed by atoms with Crippen molar-refractivity contribution in [3.63, 3.8) is 0 Å². The van der Waals surface area contributed by atoms with Crippen LogP contribution in [0.4, 0.5) is 0 Å². The van der Waals surface area contributed by atoms with Gasteiger partial charge in [0, 0.05) is 29.3 Å². The number of aliphatic carboxylic acids is 1. The molecule has 1 aromatic carbocycles. The number of carbonyl (C=O) groups is 1. The minimum Gasteiger partial charge on any atom is -0.481 e. The first-order chi connectivity index (χ1) is 16.0. The van der Waals surface area contributed by atoms with Gasteiger partial charge in [0.1, 0.15) is 11.8 Å². The highest BCUT2D eigenvalue weighted by Gasteiger charge is 2.24. The van der Waals surface area contributed by atoms with Crippen LogP contribution >= 0.6 is 11.6 Å². The maximum Gasteiger partial charge on any atom is 0.303 e. The third kappa shape index (κ3) is 4.96. The molecule has 9 heteroatoms. The molecule has 0 aliphatic heterocycles. The smallest absolute Gasteiger partial charge is 0.303 e. The van der Waals surface area contributed by atoms with Gasteiger partial charge in [-0.2, -0.15) is 0 Å². The van der Waals surface area contributed by atoms with Crippen LogP contribution in [0.3, 0.4) is 0 Å². The molecular weight excluding hydrogens is 442 g/mol. The number of carboxylic acid groups (broad SMARTS) is 1. The number of ether oxygens (including phenoxy) is 1. The van der Waals surface area contributed by atoms with Gasteiger partial charge in [-0.05, 0) is 55.9 Å². The molecule has 0 saturated heterocycles. The number of halogens is 1.